The molecule has 0 bridgehead atoms. The average Bonchev–Trinajstić information content (AvgIpc) is 2.82. The number of nitrogens with zero attached hydrogens (tertiary/aromatic N) is 2. The first kappa shape index (κ1) is 19.0. The minimum atomic E-state index is -0.210. The predicted molar refractivity (Wildman–Crippen MR) is 100 cm³/mol. The largest absolute Gasteiger partial charge is 0.382 e. The number of hydrogen-bond donors (Lipinski definition) is 2. The number of carbonyl (C=O) groups is 1. The number of anilines is 1. The Bertz CT molecular complexity index is 709. The summed E-state index contributed by atoms with van der Waals surface area (Å²) in [7, 11) is 0. The quantitative estimate of drug-likeness (QED) is 0.721. The van der Waals surface area contributed by atoms with Gasteiger partial charge in [0.15, 0.2) is 0 Å². The van der Waals surface area contributed by atoms with Gasteiger partial charge in [-0.2, -0.15) is 5.10 Å². The fraction of sp³-hybridized carbons (Fsp3) is 0.474. The van der Waals surface area contributed by atoms with Crippen LogP contribution in [-0.4, -0.2) is 35.6 Å². The monoisotopic (exact) mass is 344 g/mol. The lowest BCUT2D eigenvalue weighted by atomic mass is 10.1. The molecule has 0 spiro atoms. The lowest BCUT2D eigenvalue weighted by molar-refractivity contribution is 0.145. The molecule has 1 aromatic carbocycles. The minimum absolute atomic E-state index is 0.210. The number of aromatic nitrogens is 2. The molecule has 2 aromatic rings. The van der Waals surface area contributed by atoms with Crippen LogP contribution >= 0.6 is 0 Å². The van der Waals surface area contributed by atoms with Gasteiger partial charge in [0.2, 0.25) is 0 Å². The number of ether oxygens (including phenoxy) is 1. The molecule has 6 heteroatoms. The van der Waals surface area contributed by atoms with Crippen LogP contribution in [0, 0.1) is 20.8 Å². The van der Waals surface area contributed by atoms with Crippen LogP contribution in [0.5, 0.6) is 0 Å². The van der Waals surface area contributed by atoms with Gasteiger partial charge in [-0.05, 0) is 39.7 Å². The van der Waals surface area contributed by atoms with E-state index < -0.39 is 0 Å². The third kappa shape index (κ3) is 5.60. The number of amides is 2. The Hall–Kier alpha value is -2.34. The normalized spacial score (nSPS) is 10.7. The summed E-state index contributed by atoms with van der Waals surface area (Å²) in [4.78, 5) is 12.1. The highest BCUT2D eigenvalue weighted by Crippen LogP contribution is 2.20. The molecule has 2 rings (SSSR count). The van der Waals surface area contributed by atoms with E-state index in [0.29, 0.717) is 26.3 Å². The molecule has 136 valence electrons. The molecule has 0 atom stereocenters. The lowest BCUT2D eigenvalue weighted by Gasteiger charge is -2.09. The van der Waals surface area contributed by atoms with Gasteiger partial charge >= 0.3 is 6.03 Å². The predicted octanol–water partition coefficient (Wildman–Crippen LogP) is 3.40. The van der Waals surface area contributed by atoms with Crippen molar-refractivity contribution in [2.24, 2.45) is 0 Å². The summed E-state index contributed by atoms with van der Waals surface area (Å²) in [5, 5.41) is 10.3. The summed E-state index contributed by atoms with van der Waals surface area (Å²) >= 11 is 0. The molecule has 0 radical (unpaired) electrons. The molecule has 1 heterocycles. The minimum Gasteiger partial charge on any atom is -0.382 e. The van der Waals surface area contributed by atoms with Gasteiger partial charge in [0, 0.05) is 19.8 Å². The standard InChI is InChI=1S/C19H28N4O2/c1-5-25-11-7-10-20-19(24)21-18-15(3)22-23(16(18)4)13-17-9-6-8-14(2)12-17/h6,8-9,12H,5,7,10-11,13H2,1-4H3,(H2,20,21,24). The maximum atomic E-state index is 12.1. The van der Waals surface area contributed by atoms with Crippen LogP contribution in [-0.2, 0) is 11.3 Å². The Morgan fingerprint density at radius 3 is 2.80 bits per heavy atom. The molecular weight excluding hydrogens is 316 g/mol. The molecule has 25 heavy (non-hydrogen) atoms. The molecule has 0 saturated carbocycles. The topological polar surface area (TPSA) is 68.2 Å². The van der Waals surface area contributed by atoms with E-state index in [1.165, 1.54) is 11.1 Å². The van der Waals surface area contributed by atoms with E-state index in [-0.39, 0.29) is 6.03 Å². The van der Waals surface area contributed by atoms with Gasteiger partial charge < -0.3 is 15.4 Å². The van der Waals surface area contributed by atoms with Crippen molar-refractivity contribution in [3.05, 3.63) is 46.8 Å². The second-order valence-electron chi connectivity index (χ2n) is 6.12. The van der Waals surface area contributed by atoms with E-state index in [1.54, 1.807) is 0 Å². The van der Waals surface area contributed by atoms with E-state index in [1.807, 2.05) is 31.5 Å². The van der Waals surface area contributed by atoms with Crippen LogP contribution in [0.25, 0.3) is 0 Å². The van der Waals surface area contributed by atoms with E-state index in [2.05, 4.69) is 40.9 Å². The Morgan fingerprint density at radius 1 is 1.28 bits per heavy atom. The molecule has 0 saturated heterocycles. The second-order valence-corrected chi connectivity index (χ2v) is 6.12. The van der Waals surface area contributed by atoms with Crippen molar-refractivity contribution in [1.82, 2.24) is 15.1 Å². The van der Waals surface area contributed by atoms with Crippen LogP contribution < -0.4 is 10.6 Å². The van der Waals surface area contributed by atoms with Gasteiger partial charge in [0.05, 0.1) is 23.6 Å². The summed E-state index contributed by atoms with van der Waals surface area (Å²) in [5.74, 6) is 0. The van der Waals surface area contributed by atoms with Crippen molar-refractivity contribution >= 4 is 11.7 Å². The van der Waals surface area contributed by atoms with Crippen LogP contribution in [0.4, 0.5) is 10.5 Å². The van der Waals surface area contributed by atoms with Crippen molar-refractivity contribution in [2.45, 2.75) is 40.7 Å². The molecule has 1 aromatic heterocycles. The number of hydrogen-bond acceptors (Lipinski definition) is 3. The highest BCUT2D eigenvalue weighted by atomic mass is 16.5. The lowest BCUT2D eigenvalue weighted by Crippen LogP contribution is -2.30. The average molecular weight is 344 g/mol. The van der Waals surface area contributed by atoms with Crippen molar-refractivity contribution in [3.8, 4) is 0 Å². The zero-order valence-corrected chi connectivity index (χ0v) is 15.6. The van der Waals surface area contributed by atoms with Crippen molar-refractivity contribution < 1.29 is 9.53 Å². The summed E-state index contributed by atoms with van der Waals surface area (Å²) < 4.78 is 7.18. The van der Waals surface area contributed by atoms with Gasteiger partial charge in [0.1, 0.15) is 0 Å². The molecule has 0 fully saturated rings. The molecule has 6 nitrogen and oxygen atoms in total. The zero-order valence-electron chi connectivity index (χ0n) is 15.6. The Morgan fingerprint density at radius 2 is 2.08 bits per heavy atom. The van der Waals surface area contributed by atoms with E-state index in [9.17, 15) is 4.79 Å². The summed E-state index contributed by atoms with van der Waals surface area (Å²) in [5.41, 5.74) is 4.95. The number of benzene rings is 1. The maximum absolute atomic E-state index is 12.1. The molecule has 2 amide bonds. The van der Waals surface area contributed by atoms with Gasteiger partial charge in [-0.25, -0.2) is 4.79 Å². The molecule has 2 N–H and O–H groups in total. The molecule has 0 aliphatic rings. The van der Waals surface area contributed by atoms with Crippen molar-refractivity contribution in [1.29, 1.82) is 0 Å². The van der Waals surface area contributed by atoms with E-state index >= 15 is 0 Å². The van der Waals surface area contributed by atoms with Crippen molar-refractivity contribution in [3.63, 3.8) is 0 Å². The number of aryl methyl sites for hydroxylation is 2. The zero-order chi connectivity index (χ0) is 18.2. The first-order valence-electron chi connectivity index (χ1n) is 8.73. The fourth-order valence-corrected chi connectivity index (χ4v) is 2.69. The van der Waals surface area contributed by atoms with Crippen LogP contribution in [0.3, 0.4) is 0 Å². The van der Waals surface area contributed by atoms with Gasteiger partial charge in [-0.3, -0.25) is 4.68 Å². The number of nitrogens with one attached hydrogen (secondary N) is 2. The van der Waals surface area contributed by atoms with Crippen LogP contribution in [0.1, 0.15) is 35.9 Å². The first-order valence-corrected chi connectivity index (χ1v) is 8.73. The SMILES string of the molecule is CCOCCCNC(=O)Nc1c(C)nn(Cc2cccc(C)c2)c1C. The molecule has 0 aliphatic carbocycles. The third-order valence-corrected chi connectivity index (χ3v) is 3.99. The number of rotatable bonds is 8. The Balaban J connectivity index is 1.95. The second kappa shape index (κ2) is 9.22. The van der Waals surface area contributed by atoms with Crippen LogP contribution in [0.15, 0.2) is 24.3 Å². The Labute approximate surface area is 149 Å². The summed E-state index contributed by atoms with van der Waals surface area (Å²) in [6, 6.07) is 8.15. The maximum Gasteiger partial charge on any atom is 0.319 e. The Kier molecular flexibility index (Phi) is 7.01. The number of carbonyl (C=O) groups excluding carboxylic acids is 1. The highest BCUT2D eigenvalue weighted by Gasteiger charge is 2.14. The van der Waals surface area contributed by atoms with Gasteiger partial charge in [0.25, 0.3) is 0 Å². The first-order chi connectivity index (χ1) is 12.0. The molecule has 0 aliphatic heterocycles. The highest BCUT2D eigenvalue weighted by molar-refractivity contribution is 5.90. The van der Waals surface area contributed by atoms with Gasteiger partial charge in [-0.15, -0.1) is 0 Å². The molecule has 0 unspecified atom stereocenters. The molecular formula is C19H28N4O2. The fourth-order valence-electron chi connectivity index (χ4n) is 2.69. The summed E-state index contributed by atoms with van der Waals surface area (Å²) in [6.45, 7) is 10.5. The van der Waals surface area contributed by atoms with Gasteiger partial charge in [-0.1, -0.05) is 29.8 Å². The van der Waals surface area contributed by atoms with E-state index in [0.717, 1.165) is 23.5 Å². The van der Waals surface area contributed by atoms with Crippen LogP contribution in [0.2, 0.25) is 0 Å². The van der Waals surface area contributed by atoms with Crippen molar-refractivity contribution in [2.75, 3.05) is 25.1 Å². The summed E-state index contributed by atoms with van der Waals surface area (Å²) in [6.07, 6.45) is 0.797. The van der Waals surface area contributed by atoms with E-state index in [4.69, 9.17) is 4.74 Å². The smallest absolute Gasteiger partial charge is 0.319 e. The third-order valence-electron chi connectivity index (χ3n) is 3.99. The number of urea groups is 1.